The van der Waals surface area contributed by atoms with Gasteiger partial charge in [0.2, 0.25) is 0 Å². The molecule has 0 amide bonds. The summed E-state index contributed by atoms with van der Waals surface area (Å²) in [6.45, 7) is 2.33. The Morgan fingerprint density at radius 3 is 2.58 bits per heavy atom. The molecule has 1 N–H and O–H groups in total. The summed E-state index contributed by atoms with van der Waals surface area (Å²) >= 11 is 1.99. The van der Waals surface area contributed by atoms with Crippen LogP contribution >= 0.6 is 11.8 Å². The first-order chi connectivity index (χ1) is 9.30. The van der Waals surface area contributed by atoms with Gasteiger partial charge in [0.05, 0.1) is 6.04 Å². The SMILES string of the molecule is CCC1CCC(N=C2NC3(CCCCC3)CS2)CC1. The fourth-order valence-corrected chi connectivity index (χ4v) is 5.21. The summed E-state index contributed by atoms with van der Waals surface area (Å²) in [6, 6.07) is 0.608. The van der Waals surface area contributed by atoms with Gasteiger partial charge in [-0.1, -0.05) is 44.4 Å². The number of hydrogen-bond donors (Lipinski definition) is 1. The zero-order valence-electron chi connectivity index (χ0n) is 12.3. The molecular formula is C16H28N2S. The Balaban J connectivity index is 1.54. The van der Waals surface area contributed by atoms with Crippen molar-refractivity contribution in [3.05, 3.63) is 0 Å². The van der Waals surface area contributed by atoms with E-state index in [1.54, 1.807) is 0 Å². The van der Waals surface area contributed by atoms with E-state index in [2.05, 4.69) is 12.2 Å². The van der Waals surface area contributed by atoms with Crippen LogP contribution in [0.5, 0.6) is 0 Å². The highest BCUT2D eigenvalue weighted by Gasteiger charge is 2.38. The molecule has 0 aromatic heterocycles. The minimum absolute atomic E-state index is 0.419. The molecule has 19 heavy (non-hydrogen) atoms. The lowest BCUT2D eigenvalue weighted by atomic mass is 9.83. The van der Waals surface area contributed by atoms with Crippen LogP contribution in [-0.2, 0) is 0 Å². The Hall–Kier alpha value is -0.180. The van der Waals surface area contributed by atoms with Crippen molar-refractivity contribution >= 4 is 16.9 Å². The summed E-state index contributed by atoms with van der Waals surface area (Å²) in [7, 11) is 0. The highest BCUT2D eigenvalue weighted by atomic mass is 32.2. The van der Waals surface area contributed by atoms with Gasteiger partial charge in [-0.05, 0) is 44.4 Å². The number of hydrogen-bond acceptors (Lipinski definition) is 2. The van der Waals surface area contributed by atoms with Crippen molar-refractivity contribution in [1.29, 1.82) is 0 Å². The molecule has 1 heterocycles. The number of thioether (sulfide) groups is 1. The Morgan fingerprint density at radius 2 is 1.89 bits per heavy atom. The van der Waals surface area contributed by atoms with Crippen molar-refractivity contribution in [2.45, 2.75) is 82.7 Å². The fraction of sp³-hybridized carbons (Fsp3) is 0.938. The Morgan fingerprint density at radius 1 is 1.16 bits per heavy atom. The van der Waals surface area contributed by atoms with E-state index in [1.165, 1.54) is 75.1 Å². The minimum atomic E-state index is 0.419. The van der Waals surface area contributed by atoms with Crippen molar-refractivity contribution in [3.63, 3.8) is 0 Å². The van der Waals surface area contributed by atoms with E-state index in [1.807, 2.05) is 11.8 Å². The summed E-state index contributed by atoms with van der Waals surface area (Å²) in [4.78, 5) is 5.02. The lowest BCUT2D eigenvalue weighted by Crippen LogP contribution is -2.45. The van der Waals surface area contributed by atoms with Gasteiger partial charge in [0.1, 0.15) is 0 Å². The van der Waals surface area contributed by atoms with E-state index in [4.69, 9.17) is 4.99 Å². The Labute approximate surface area is 122 Å². The van der Waals surface area contributed by atoms with Crippen molar-refractivity contribution in [2.75, 3.05) is 5.75 Å². The quantitative estimate of drug-likeness (QED) is 0.813. The van der Waals surface area contributed by atoms with Crippen LogP contribution in [0.25, 0.3) is 0 Å². The van der Waals surface area contributed by atoms with Crippen molar-refractivity contribution < 1.29 is 0 Å². The second-order valence-corrected chi connectivity index (χ2v) is 7.74. The minimum Gasteiger partial charge on any atom is -0.359 e. The summed E-state index contributed by atoms with van der Waals surface area (Å²) in [6.07, 6.45) is 13.8. The average molecular weight is 280 g/mol. The van der Waals surface area contributed by atoms with Gasteiger partial charge in [0.25, 0.3) is 0 Å². The maximum atomic E-state index is 5.02. The lowest BCUT2D eigenvalue weighted by molar-refractivity contribution is 0.300. The van der Waals surface area contributed by atoms with Crippen molar-refractivity contribution in [2.24, 2.45) is 10.9 Å². The van der Waals surface area contributed by atoms with E-state index in [0.717, 1.165) is 5.92 Å². The van der Waals surface area contributed by atoms with Gasteiger partial charge >= 0.3 is 0 Å². The van der Waals surface area contributed by atoms with Gasteiger partial charge in [-0.2, -0.15) is 0 Å². The van der Waals surface area contributed by atoms with Crippen LogP contribution in [0.15, 0.2) is 4.99 Å². The third-order valence-corrected chi connectivity index (χ3v) is 6.54. The molecular weight excluding hydrogens is 252 g/mol. The monoisotopic (exact) mass is 280 g/mol. The number of aliphatic imine (C=N–C) groups is 1. The molecule has 1 aliphatic heterocycles. The summed E-state index contributed by atoms with van der Waals surface area (Å²) in [5.74, 6) is 2.24. The zero-order chi connectivity index (χ0) is 13.1. The van der Waals surface area contributed by atoms with E-state index in [-0.39, 0.29) is 0 Å². The third kappa shape index (κ3) is 3.29. The van der Waals surface area contributed by atoms with Crippen LogP contribution in [0.3, 0.4) is 0 Å². The second-order valence-electron chi connectivity index (χ2n) is 6.77. The molecule has 2 aliphatic carbocycles. The molecule has 0 bridgehead atoms. The molecule has 2 saturated carbocycles. The molecule has 1 spiro atoms. The summed E-state index contributed by atoms with van der Waals surface area (Å²) in [5.41, 5.74) is 0.419. The van der Waals surface area contributed by atoms with E-state index in [0.29, 0.717) is 11.6 Å². The topological polar surface area (TPSA) is 24.4 Å². The van der Waals surface area contributed by atoms with Gasteiger partial charge in [-0.15, -0.1) is 0 Å². The predicted molar refractivity (Wildman–Crippen MR) is 84.9 cm³/mol. The second kappa shape index (κ2) is 6.07. The summed E-state index contributed by atoms with van der Waals surface area (Å²) < 4.78 is 0. The first kappa shape index (κ1) is 13.8. The molecule has 3 heteroatoms. The van der Waals surface area contributed by atoms with Gasteiger partial charge in [0.15, 0.2) is 5.17 Å². The highest BCUT2D eigenvalue weighted by Crippen LogP contribution is 2.37. The number of nitrogens with one attached hydrogen (secondary N) is 1. The number of nitrogens with zero attached hydrogens (tertiary/aromatic N) is 1. The van der Waals surface area contributed by atoms with Crippen LogP contribution in [0.2, 0.25) is 0 Å². The maximum absolute atomic E-state index is 5.02. The predicted octanol–water partition coefficient (Wildman–Crippen LogP) is 4.35. The first-order valence-corrected chi connectivity index (χ1v) is 9.27. The Bertz CT molecular complexity index is 326. The van der Waals surface area contributed by atoms with Crippen LogP contribution in [0.1, 0.15) is 71.1 Å². The average Bonchev–Trinajstić information content (AvgIpc) is 2.83. The lowest BCUT2D eigenvalue weighted by Gasteiger charge is -2.33. The van der Waals surface area contributed by atoms with Crippen LogP contribution < -0.4 is 5.32 Å². The maximum Gasteiger partial charge on any atom is 0.157 e. The molecule has 0 radical (unpaired) electrons. The third-order valence-electron chi connectivity index (χ3n) is 5.36. The molecule has 108 valence electrons. The van der Waals surface area contributed by atoms with Crippen LogP contribution in [-0.4, -0.2) is 22.5 Å². The largest absolute Gasteiger partial charge is 0.359 e. The Kier molecular flexibility index (Phi) is 4.40. The van der Waals surface area contributed by atoms with Crippen LogP contribution in [0.4, 0.5) is 0 Å². The molecule has 0 unspecified atom stereocenters. The van der Waals surface area contributed by atoms with Crippen molar-refractivity contribution in [1.82, 2.24) is 5.32 Å². The zero-order valence-corrected chi connectivity index (χ0v) is 13.1. The molecule has 0 atom stereocenters. The normalized spacial score (nSPS) is 36.6. The van der Waals surface area contributed by atoms with Gasteiger partial charge < -0.3 is 5.32 Å². The molecule has 0 aromatic carbocycles. The fourth-order valence-electron chi connectivity index (χ4n) is 3.92. The summed E-state index contributed by atoms with van der Waals surface area (Å²) in [5, 5.41) is 5.06. The first-order valence-electron chi connectivity index (χ1n) is 8.28. The van der Waals surface area contributed by atoms with E-state index >= 15 is 0 Å². The smallest absolute Gasteiger partial charge is 0.157 e. The number of amidine groups is 1. The van der Waals surface area contributed by atoms with Gasteiger partial charge in [-0.3, -0.25) is 4.99 Å². The van der Waals surface area contributed by atoms with Gasteiger partial charge in [0, 0.05) is 11.3 Å². The molecule has 3 rings (SSSR count). The van der Waals surface area contributed by atoms with Crippen LogP contribution in [0, 0.1) is 5.92 Å². The highest BCUT2D eigenvalue weighted by molar-refractivity contribution is 8.14. The standard InChI is InChI=1S/C16H28N2S/c1-2-13-6-8-14(9-7-13)17-15-18-16(12-19-15)10-4-3-5-11-16/h13-14H,2-12H2,1H3,(H,17,18). The molecule has 3 fully saturated rings. The number of rotatable bonds is 2. The van der Waals surface area contributed by atoms with Crippen molar-refractivity contribution in [3.8, 4) is 0 Å². The van der Waals surface area contributed by atoms with Gasteiger partial charge in [-0.25, -0.2) is 0 Å². The molecule has 2 nitrogen and oxygen atoms in total. The van der Waals surface area contributed by atoms with E-state index in [9.17, 15) is 0 Å². The molecule has 0 aromatic rings. The van der Waals surface area contributed by atoms with E-state index < -0.39 is 0 Å². The molecule has 3 aliphatic rings. The molecule has 1 saturated heterocycles.